The van der Waals surface area contributed by atoms with Crippen LogP contribution in [0, 0.1) is 13.8 Å². The molecule has 0 aliphatic carbocycles. The minimum atomic E-state index is -3.93. The van der Waals surface area contributed by atoms with Gasteiger partial charge in [-0.3, -0.25) is 9.52 Å². The molecule has 6 nitrogen and oxygen atoms in total. The molecule has 2 aromatic rings. The van der Waals surface area contributed by atoms with Crippen LogP contribution >= 0.6 is 15.9 Å². The van der Waals surface area contributed by atoms with Gasteiger partial charge in [-0.15, -0.1) is 0 Å². The Morgan fingerprint density at radius 2 is 1.71 bits per heavy atom. The number of carbonyl (C=O) groups excluding carboxylic acids is 1. The highest BCUT2D eigenvalue weighted by Crippen LogP contribution is 2.30. The minimum Gasteiger partial charge on any atom is -0.350 e. The van der Waals surface area contributed by atoms with Gasteiger partial charge in [0.05, 0.1) is 5.56 Å². The SMILES string of the molecule is Cc1c(C(=O)N2CCCCCC2)c(S(=O)(=O)Nc2cccc(Br)c2)c(C)n1C. The molecule has 1 aromatic carbocycles. The maximum absolute atomic E-state index is 13.3. The Labute approximate surface area is 175 Å². The average molecular weight is 468 g/mol. The Balaban J connectivity index is 2.05. The van der Waals surface area contributed by atoms with E-state index in [4.69, 9.17) is 0 Å². The Morgan fingerprint density at radius 3 is 2.32 bits per heavy atom. The number of hydrogen-bond donors (Lipinski definition) is 1. The molecule has 152 valence electrons. The number of halogens is 1. The van der Waals surface area contributed by atoms with Crippen molar-refractivity contribution in [1.29, 1.82) is 0 Å². The van der Waals surface area contributed by atoms with Crippen molar-refractivity contribution in [3.05, 3.63) is 45.7 Å². The van der Waals surface area contributed by atoms with E-state index in [1.807, 2.05) is 6.07 Å². The van der Waals surface area contributed by atoms with Crippen LogP contribution in [0.4, 0.5) is 5.69 Å². The van der Waals surface area contributed by atoms with Gasteiger partial charge in [-0.05, 0) is 44.9 Å². The summed E-state index contributed by atoms with van der Waals surface area (Å²) in [4.78, 5) is 15.2. The molecule has 1 aromatic heterocycles. The lowest BCUT2D eigenvalue weighted by atomic mass is 10.2. The van der Waals surface area contributed by atoms with Crippen LogP contribution < -0.4 is 4.72 Å². The number of rotatable bonds is 4. The van der Waals surface area contributed by atoms with Crippen molar-refractivity contribution in [2.75, 3.05) is 17.8 Å². The van der Waals surface area contributed by atoms with Crippen LogP contribution in [0.5, 0.6) is 0 Å². The van der Waals surface area contributed by atoms with Crippen LogP contribution in [-0.2, 0) is 17.1 Å². The summed E-state index contributed by atoms with van der Waals surface area (Å²) in [5, 5.41) is 0. The zero-order chi connectivity index (χ0) is 20.5. The summed E-state index contributed by atoms with van der Waals surface area (Å²) >= 11 is 3.35. The number of hydrogen-bond acceptors (Lipinski definition) is 3. The van der Waals surface area contributed by atoms with E-state index in [-0.39, 0.29) is 16.4 Å². The summed E-state index contributed by atoms with van der Waals surface area (Å²) in [6.07, 6.45) is 4.11. The quantitative estimate of drug-likeness (QED) is 0.731. The summed E-state index contributed by atoms with van der Waals surface area (Å²) in [6.45, 7) is 4.88. The van der Waals surface area contributed by atoms with Gasteiger partial charge in [-0.2, -0.15) is 0 Å². The van der Waals surface area contributed by atoms with Crippen molar-refractivity contribution >= 4 is 37.5 Å². The molecule has 0 atom stereocenters. The normalized spacial score (nSPS) is 15.4. The molecule has 1 amide bonds. The third-order valence-electron chi connectivity index (χ3n) is 5.38. The van der Waals surface area contributed by atoms with Gasteiger partial charge in [-0.1, -0.05) is 34.8 Å². The van der Waals surface area contributed by atoms with Crippen LogP contribution in [0.15, 0.2) is 33.6 Å². The first-order valence-corrected chi connectivity index (χ1v) is 11.7. The molecule has 1 fully saturated rings. The first-order chi connectivity index (χ1) is 13.2. The monoisotopic (exact) mass is 467 g/mol. The van der Waals surface area contributed by atoms with E-state index in [9.17, 15) is 13.2 Å². The van der Waals surface area contributed by atoms with E-state index in [0.717, 1.165) is 30.2 Å². The maximum atomic E-state index is 13.3. The van der Waals surface area contributed by atoms with E-state index in [0.29, 0.717) is 30.2 Å². The standard InChI is InChI=1S/C20H26BrN3O3S/c1-14-18(20(25)24-11-6-4-5-7-12-24)19(15(2)23(14)3)28(26,27)22-17-10-8-9-16(21)13-17/h8-10,13,22H,4-7,11-12H2,1-3H3. The second-order valence-electron chi connectivity index (χ2n) is 7.26. The van der Waals surface area contributed by atoms with Crippen LogP contribution in [0.3, 0.4) is 0 Å². The van der Waals surface area contributed by atoms with Crippen molar-refractivity contribution in [3.63, 3.8) is 0 Å². The maximum Gasteiger partial charge on any atom is 0.264 e. The van der Waals surface area contributed by atoms with Crippen LogP contribution in [0.2, 0.25) is 0 Å². The minimum absolute atomic E-state index is 0.0710. The summed E-state index contributed by atoms with van der Waals surface area (Å²) in [5.74, 6) is -0.197. The fourth-order valence-corrected chi connectivity index (χ4v) is 5.66. The molecule has 28 heavy (non-hydrogen) atoms. The number of nitrogens with one attached hydrogen (secondary N) is 1. The van der Waals surface area contributed by atoms with E-state index in [1.54, 1.807) is 48.6 Å². The number of nitrogens with zero attached hydrogens (tertiary/aromatic N) is 2. The van der Waals surface area contributed by atoms with E-state index >= 15 is 0 Å². The van der Waals surface area contributed by atoms with E-state index in [1.165, 1.54) is 0 Å². The molecule has 0 spiro atoms. The molecule has 8 heteroatoms. The smallest absolute Gasteiger partial charge is 0.264 e. The number of amides is 1. The highest BCUT2D eigenvalue weighted by molar-refractivity contribution is 9.10. The topological polar surface area (TPSA) is 71.4 Å². The second-order valence-corrected chi connectivity index (χ2v) is 9.79. The molecule has 0 unspecified atom stereocenters. The number of likely N-dealkylation sites (tertiary alicyclic amines) is 1. The van der Waals surface area contributed by atoms with Crippen molar-refractivity contribution in [1.82, 2.24) is 9.47 Å². The van der Waals surface area contributed by atoms with Crippen LogP contribution in [0.25, 0.3) is 0 Å². The molecule has 0 saturated carbocycles. The van der Waals surface area contributed by atoms with Crippen molar-refractivity contribution < 1.29 is 13.2 Å². The fraction of sp³-hybridized carbons (Fsp3) is 0.450. The zero-order valence-corrected chi connectivity index (χ0v) is 18.9. The zero-order valence-electron chi connectivity index (χ0n) is 16.5. The molecule has 1 aliphatic heterocycles. The van der Waals surface area contributed by atoms with E-state index < -0.39 is 10.0 Å². The van der Waals surface area contributed by atoms with Crippen molar-refractivity contribution in [2.45, 2.75) is 44.4 Å². The lowest BCUT2D eigenvalue weighted by Gasteiger charge is -2.21. The third kappa shape index (κ3) is 4.12. The van der Waals surface area contributed by atoms with Gasteiger partial charge in [-0.25, -0.2) is 8.42 Å². The van der Waals surface area contributed by atoms with Gasteiger partial charge in [0, 0.05) is 41.7 Å². The Hall–Kier alpha value is -1.80. The molecule has 3 rings (SSSR count). The van der Waals surface area contributed by atoms with Crippen molar-refractivity contribution in [3.8, 4) is 0 Å². The molecule has 1 aliphatic rings. The van der Waals surface area contributed by atoms with Gasteiger partial charge in [0.1, 0.15) is 4.90 Å². The Bertz CT molecular complexity index is 990. The first-order valence-electron chi connectivity index (χ1n) is 9.46. The molecule has 1 saturated heterocycles. The number of benzene rings is 1. The largest absolute Gasteiger partial charge is 0.350 e. The second kappa shape index (κ2) is 8.29. The fourth-order valence-electron chi connectivity index (χ4n) is 3.69. The Kier molecular flexibility index (Phi) is 6.19. The molecule has 0 radical (unpaired) electrons. The molecule has 2 heterocycles. The summed E-state index contributed by atoms with van der Waals surface area (Å²) in [7, 11) is -2.13. The van der Waals surface area contributed by atoms with Crippen LogP contribution in [-0.4, -0.2) is 36.9 Å². The van der Waals surface area contributed by atoms with Crippen LogP contribution in [0.1, 0.15) is 47.4 Å². The highest BCUT2D eigenvalue weighted by Gasteiger charge is 2.33. The molecule has 1 N–H and O–H groups in total. The summed E-state index contributed by atoms with van der Waals surface area (Å²) in [6, 6.07) is 6.96. The first kappa shape index (κ1) is 20.9. The lowest BCUT2D eigenvalue weighted by molar-refractivity contribution is 0.0757. The average Bonchev–Trinajstić information content (AvgIpc) is 2.84. The number of aromatic nitrogens is 1. The summed E-state index contributed by atoms with van der Waals surface area (Å²) < 4.78 is 31.7. The predicted octanol–water partition coefficient (Wildman–Crippen LogP) is 4.22. The predicted molar refractivity (Wildman–Crippen MR) is 114 cm³/mol. The van der Waals surface area contributed by atoms with Gasteiger partial charge >= 0.3 is 0 Å². The summed E-state index contributed by atoms with van der Waals surface area (Å²) in [5.41, 5.74) is 1.95. The number of sulfonamides is 1. The number of carbonyl (C=O) groups is 1. The van der Waals surface area contributed by atoms with Gasteiger partial charge in [0.15, 0.2) is 0 Å². The molecular weight excluding hydrogens is 442 g/mol. The lowest BCUT2D eigenvalue weighted by Crippen LogP contribution is -2.33. The van der Waals surface area contributed by atoms with Crippen molar-refractivity contribution in [2.24, 2.45) is 7.05 Å². The van der Waals surface area contributed by atoms with Gasteiger partial charge < -0.3 is 9.47 Å². The molecule has 0 bridgehead atoms. The molecular formula is C20H26BrN3O3S. The van der Waals surface area contributed by atoms with E-state index in [2.05, 4.69) is 20.7 Å². The van der Waals surface area contributed by atoms with Gasteiger partial charge in [0.25, 0.3) is 15.9 Å². The highest BCUT2D eigenvalue weighted by atomic mass is 79.9. The number of anilines is 1. The Morgan fingerprint density at radius 1 is 1.07 bits per heavy atom. The third-order valence-corrected chi connectivity index (χ3v) is 7.41. The van der Waals surface area contributed by atoms with Gasteiger partial charge in [0.2, 0.25) is 0 Å².